The minimum absolute atomic E-state index is 0.399. The summed E-state index contributed by atoms with van der Waals surface area (Å²) in [5.74, 6) is 0. The SMILES string of the molecule is C=C[C@@H](O)CCCC/C=C/C(O)CC(O)CCCCCC. The van der Waals surface area contributed by atoms with Crippen LogP contribution in [-0.2, 0) is 0 Å². The van der Waals surface area contributed by atoms with Crippen molar-refractivity contribution in [3.05, 3.63) is 24.8 Å². The van der Waals surface area contributed by atoms with Crippen LogP contribution in [0.15, 0.2) is 24.8 Å². The minimum atomic E-state index is -0.551. The summed E-state index contributed by atoms with van der Waals surface area (Å²) in [5, 5.41) is 28.9. The van der Waals surface area contributed by atoms with Crippen molar-refractivity contribution in [3.8, 4) is 0 Å². The zero-order chi connectivity index (χ0) is 15.9. The number of unbranched alkanes of at least 4 members (excludes halogenated alkanes) is 5. The molecule has 0 spiro atoms. The van der Waals surface area contributed by atoms with Crippen LogP contribution in [0.5, 0.6) is 0 Å². The first-order valence-corrected chi connectivity index (χ1v) is 8.43. The molecule has 0 bridgehead atoms. The molecule has 0 saturated carbocycles. The van der Waals surface area contributed by atoms with Crippen LogP contribution in [0.25, 0.3) is 0 Å². The predicted molar refractivity (Wildman–Crippen MR) is 89.2 cm³/mol. The maximum Gasteiger partial charge on any atom is 0.0745 e. The molecule has 0 aliphatic heterocycles. The van der Waals surface area contributed by atoms with E-state index in [0.717, 1.165) is 44.9 Å². The standard InChI is InChI=1S/C18H34O3/c1-3-5-6-9-13-17(20)15-18(21)14-11-8-7-10-12-16(19)4-2/h4,11,14,16-21H,2-3,5-10,12-13,15H2,1H3/b14-11+/t16-,17?,18?/m1/s1. The van der Waals surface area contributed by atoms with Gasteiger partial charge in [-0.1, -0.05) is 57.3 Å². The highest BCUT2D eigenvalue weighted by molar-refractivity contribution is 4.89. The Morgan fingerprint density at radius 3 is 2.29 bits per heavy atom. The van der Waals surface area contributed by atoms with Crippen LogP contribution in [0.1, 0.15) is 71.1 Å². The lowest BCUT2D eigenvalue weighted by Crippen LogP contribution is -2.15. The fourth-order valence-electron chi connectivity index (χ4n) is 2.27. The van der Waals surface area contributed by atoms with Crippen molar-refractivity contribution in [2.24, 2.45) is 0 Å². The summed E-state index contributed by atoms with van der Waals surface area (Å²) in [4.78, 5) is 0. The molecule has 0 aromatic rings. The molecule has 0 rings (SSSR count). The van der Waals surface area contributed by atoms with Gasteiger partial charge in [-0.05, 0) is 25.7 Å². The second-order valence-electron chi connectivity index (χ2n) is 5.82. The highest BCUT2D eigenvalue weighted by atomic mass is 16.3. The third-order valence-corrected chi connectivity index (χ3v) is 3.66. The maximum atomic E-state index is 9.82. The predicted octanol–water partition coefficient (Wildman–Crippen LogP) is 3.73. The van der Waals surface area contributed by atoms with Gasteiger partial charge in [0.15, 0.2) is 0 Å². The molecule has 2 unspecified atom stereocenters. The lowest BCUT2D eigenvalue weighted by Gasteiger charge is -2.12. The van der Waals surface area contributed by atoms with Gasteiger partial charge in [-0.3, -0.25) is 0 Å². The van der Waals surface area contributed by atoms with Crippen molar-refractivity contribution in [2.45, 2.75) is 89.4 Å². The van der Waals surface area contributed by atoms with Gasteiger partial charge in [-0.25, -0.2) is 0 Å². The molecule has 0 aromatic heterocycles. The Labute approximate surface area is 130 Å². The molecule has 3 heteroatoms. The van der Waals surface area contributed by atoms with Crippen LogP contribution in [0, 0.1) is 0 Å². The fourth-order valence-corrected chi connectivity index (χ4v) is 2.27. The number of aliphatic hydroxyl groups excluding tert-OH is 3. The zero-order valence-corrected chi connectivity index (χ0v) is 13.6. The lowest BCUT2D eigenvalue weighted by molar-refractivity contribution is 0.0956. The molecule has 3 N–H and O–H groups in total. The maximum absolute atomic E-state index is 9.82. The highest BCUT2D eigenvalue weighted by Crippen LogP contribution is 2.11. The lowest BCUT2D eigenvalue weighted by atomic mass is 10.0. The molecule has 0 aromatic carbocycles. The molecular weight excluding hydrogens is 264 g/mol. The molecule has 0 aliphatic rings. The quantitative estimate of drug-likeness (QED) is 0.338. The number of hydrogen-bond donors (Lipinski definition) is 3. The zero-order valence-electron chi connectivity index (χ0n) is 13.6. The highest BCUT2D eigenvalue weighted by Gasteiger charge is 2.08. The Bertz CT molecular complexity index is 263. The number of hydrogen-bond acceptors (Lipinski definition) is 3. The van der Waals surface area contributed by atoms with Crippen LogP contribution >= 0.6 is 0 Å². The van der Waals surface area contributed by atoms with Crippen LogP contribution in [0.3, 0.4) is 0 Å². The molecule has 0 saturated heterocycles. The smallest absolute Gasteiger partial charge is 0.0745 e. The first-order valence-electron chi connectivity index (χ1n) is 8.43. The van der Waals surface area contributed by atoms with E-state index < -0.39 is 18.3 Å². The summed E-state index contributed by atoms with van der Waals surface area (Å²) in [6.45, 7) is 5.71. The van der Waals surface area contributed by atoms with E-state index in [2.05, 4.69) is 13.5 Å². The summed E-state index contributed by atoms with van der Waals surface area (Å²) < 4.78 is 0. The minimum Gasteiger partial charge on any atom is -0.393 e. The number of allylic oxidation sites excluding steroid dienone is 1. The molecule has 0 heterocycles. The monoisotopic (exact) mass is 298 g/mol. The molecule has 0 aliphatic carbocycles. The van der Waals surface area contributed by atoms with Crippen molar-refractivity contribution in [1.29, 1.82) is 0 Å². The Kier molecular flexibility index (Phi) is 13.9. The van der Waals surface area contributed by atoms with Crippen molar-refractivity contribution in [2.75, 3.05) is 0 Å². The van der Waals surface area contributed by atoms with Gasteiger partial charge < -0.3 is 15.3 Å². The second-order valence-corrected chi connectivity index (χ2v) is 5.82. The average Bonchev–Trinajstić information content (AvgIpc) is 2.46. The summed E-state index contributed by atoms with van der Waals surface area (Å²) in [6, 6.07) is 0. The Balaban J connectivity index is 3.56. The van der Waals surface area contributed by atoms with E-state index in [0.29, 0.717) is 6.42 Å². The summed E-state index contributed by atoms with van der Waals surface area (Å²) in [5.41, 5.74) is 0. The van der Waals surface area contributed by atoms with Gasteiger partial charge >= 0.3 is 0 Å². The first-order chi connectivity index (χ1) is 10.1. The van der Waals surface area contributed by atoms with E-state index >= 15 is 0 Å². The van der Waals surface area contributed by atoms with Gasteiger partial charge in [0.1, 0.15) is 0 Å². The molecule has 0 fully saturated rings. The largest absolute Gasteiger partial charge is 0.393 e. The van der Waals surface area contributed by atoms with Gasteiger partial charge in [0.05, 0.1) is 18.3 Å². The van der Waals surface area contributed by atoms with Crippen molar-refractivity contribution >= 4 is 0 Å². The van der Waals surface area contributed by atoms with Crippen LogP contribution < -0.4 is 0 Å². The topological polar surface area (TPSA) is 60.7 Å². The molecule has 0 amide bonds. The normalized spacial score (nSPS) is 16.0. The van der Waals surface area contributed by atoms with Gasteiger partial charge in [0.2, 0.25) is 0 Å². The van der Waals surface area contributed by atoms with Crippen molar-refractivity contribution in [3.63, 3.8) is 0 Å². The van der Waals surface area contributed by atoms with E-state index in [1.54, 1.807) is 12.2 Å². The van der Waals surface area contributed by atoms with Gasteiger partial charge in [-0.2, -0.15) is 0 Å². The average molecular weight is 298 g/mol. The Morgan fingerprint density at radius 1 is 0.905 bits per heavy atom. The van der Waals surface area contributed by atoms with Crippen LogP contribution in [0.2, 0.25) is 0 Å². The van der Waals surface area contributed by atoms with E-state index in [1.165, 1.54) is 12.8 Å². The third kappa shape index (κ3) is 14.1. The van der Waals surface area contributed by atoms with E-state index in [1.807, 2.05) is 6.08 Å². The van der Waals surface area contributed by atoms with E-state index in [9.17, 15) is 15.3 Å². The molecular formula is C18H34O3. The van der Waals surface area contributed by atoms with Gasteiger partial charge in [0.25, 0.3) is 0 Å². The summed E-state index contributed by atoms with van der Waals surface area (Å²) in [7, 11) is 0. The molecule has 3 nitrogen and oxygen atoms in total. The number of rotatable bonds is 14. The molecule has 3 atom stereocenters. The second kappa shape index (κ2) is 14.3. The van der Waals surface area contributed by atoms with E-state index in [-0.39, 0.29) is 0 Å². The molecule has 124 valence electrons. The summed E-state index contributed by atoms with van der Waals surface area (Å²) >= 11 is 0. The van der Waals surface area contributed by atoms with Crippen molar-refractivity contribution < 1.29 is 15.3 Å². The first kappa shape index (κ1) is 20.4. The summed E-state index contributed by atoms with van der Waals surface area (Å²) in [6.07, 6.45) is 13.4. The van der Waals surface area contributed by atoms with Crippen molar-refractivity contribution in [1.82, 2.24) is 0 Å². The van der Waals surface area contributed by atoms with Gasteiger partial charge in [0, 0.05) is 6.42 Å². The van der Waals surface area contributed by atoms with Crippen LogP contribution in [-0.4, -0.2) is 33.6 Å². The molecule has 0 radical (unpaired) electrons. The number of aliphatic hydroxyl groups is 3. The van der Waals surface area contributed by atoms with Gasteiger partial charge in [-0.15, -0.1) is 6.58 Å². The fraction of sp³-hybridized carbons (Fsp3) is 0.778. The Hall–Kier alpha value is -0.640. The third-order valence-electron chi connectivity index (χ3n) is 3.66. The van der Waals surface area contributed by atoms with E-state index in [4.69, 9.17) is 0 Å². The Morgan fingerprint density at radius 2 is 1.62 bits per heavy atom. The molecule has 21 heavy (non-hydrogen) atoms. The van der Waals surface area contributed by atoms with Crippen LogP contribution in [0.4, 0.5) is 0 Å².